The molecule has 27 heavy (non-hydrogen) atoms. The molecule has 1 aliphatic heterocycles. The maximum absolute atomic E-state index is 12.6. The van der Waals surface area contributed by atoms with Gasteiger partial charge in [-0.2, -0.15) is 0 Å². The summed E-state index contributed by atoms with van der Waals surface area (Å²) >= 11 is 0. The van der Waals surface area contributed by atoms with Crippen molar-refractivity contribution in [2.45, 2.75) is 39.3 Å². The third-order valence-electron chi connectivity index (χ3n) is 5.25. The summed E-state index contributed by atoms with van der Waals surface area (Å²) in [4.78, 5) is 27.0. The van der Waals surface area contributed by atoms with Crippen molar-refractivity contribution in [2.24, 2.45) is 5.92 Å². The molecule has 6 heteroatoms. The van der Waals surface area contributed by atoms with E-state index in [1.807, 2.05) is 50.2 Å². The number of amides is 2. The van der Waals surface area contributed by atoms with Crippen molar-refractivity contribution in [3.63, 3.8) is 0 Å². The van der Waals surface area contributed by atoms with Gasteiger partial charge in [-0.25, -0.2) is 0 Å². The van der Waals surface area contributed by atoms with Crippen molar-refractivity contribution in [1.29, 1.82) is 0 Å². The summed E-state index contributed by atoms with van der Waals surface area (Å²) in [5.41, 5.74) is 1.89. The number of carbonyl (C=O) groups excluding carboxylic acids is 2. The number of hydrogen-bond acceptors (Lipinski definition) is 4. The van der Waals surface area contributed by atoms with Crippen molar-refractivity contribution in [1.82, 2.24) is 10.2 Å². The number of aryl methyl sites for hydroxylation is 1. The van der Waals surface area contributed by atoms with Gasteiger partial charge in [0, 0.05) is 11.6 Å². The van der Waals surface area contributed by atoms with Crippen LogP contribution in [0.5, 0.6) is 0 Å². The van der Waals surface area contributed by atoms with Gasteiger partial charge in [-0.05, 0) is 63.5 Å². The number of rotatable bonds is 6. The highest BCUT2D eigenvalue weighted by atomic mass is 16.3. The Hall–Kier alpha value is -2.60. The quantitative estimate of drug-likeness (QED) is 0.821. The average Bonchev–Trinajstić information content (AvgIpc) is 3.21. The second kappa shape index (κ2) is 8.86. The van der Waals surface area contributed by atoms with Crippen LogP contribution in [0, 0.1) is 12.8 Å². The monoisotopic (exact) mass is 369 g/mol. The largest absolute Gasteiger partial charge is 0.467 e. The van der Waals surface area contributed by atoms with E-state index >= 15 is 0 Å². The number of nitrogens with zero attached hydrogens (tertiary/aromatic N) is 1. The van der Waals surface area contributed by atoms with Crippen LogP contribution in [0.4, 0.5) is 5.69 Å². The summed E-state index contributed by atoms with van der Waals surface area (Å²) in [5.74, 6) is 0.790. The van der Waals surface area contributed by atoms with Crippen LogP contribution in [0.1, 0.15) is 31.1 Å². The van der Waals surface area contributed by atoms with Gasteiger partial charge in [0.05, 0.1) is 18.8 Å². The number of anilines is 1. The highest BCUT2D eigenvalue weighted by molar-refractivity contribution is 5.95. The number of nitrogens with one attached hydrogen (secondary N) is 2. The van der Waals surface area contributed by atoms with Crippen LogP contribution >= 0.6 is 0 Å². The predicted octanol–water partition coefficient (Wildman–Crippen LogP) is 2.94. The molecule has 0 radical (unpaired) electrons. The molecule has 3 rings (SSSR count). The highest BCUT2D eigenvalue weighted by Crippen LogP contribution is 2.21. The fraction of sp³-hybridized carbons (Fsp3) is 0.429. The van der Waals surface area contributed by atoms with Crippen molar-refractivity contribution in [3.05, 3.63) is 54.0 Å². The molecule has 2 aromatic rings. The molecule has 1 unspecified atom stereocenters. The molecule has 0 saturated carbocycles. The number of hydrogen-bond donors (Lipinski definition) is 2. The first-order valence-electron chi connectivity index (χ1n) is 9.45. The third-order valence-corrected chi connectivity index (χ3v) is 5.25. The number of para-hydroxylation sites is 1. The Labute approximate surface area is 159 Å². The summed E-state index contributed by atoms with van der Waals surface area (Å²) in [7, 11) is 0. The fourth-order valence-electron chi connectivity index (χ4n) is 3.40. The minimum atomic E-state index is -0.225. The SMILES string of the molecule is Cc1ccccc1NC(=O)C(C)N1CCC(C(=O)NCc2ccco2)CC1. The Morgan fingerprint density at radius 1 is 1.19 bits per heavy atom. The summed E-state index contributed by atoms with van der Waals surface area (Å²) < 4.78 is 5.24. The van der Waals surface area contributed by atoms with E-state index in [1.54, 1.807) is 6.26 Å². The van der Waals surface area contributed by atoms with Gasteiger partial charge in [0.2, 0.25) is 11.8 Å². The van der Waals surface area contributed by atoms with Crippen LogP contribution < -0.4 is 10.6 Å². The Kier molecular flexibility index (Phi) is 6.29. The van der Waals surface area contributed by atoms with E-state index < -0.39 is 0 Å². The molecule has 6 nitrogen and oxygen atoms in total. The number of furan rings is 1. The molecule has 0 spiro atoms. The lowest BCUT2D eigenvalue weighted by Gasteiger charge is -2.34. The standard InChI is InChI=1S/C21H27N3O3/c1-15-6-3-4-8-19(15)23-20(25)16(2)24-11-9-17(10-12-24)21(26)22-14-18-7-5-13-27-18/h3-8,13,16-17H,9-12,14H2,1-2H3,(H,22,26)(H,23,25). The maximum atomic E-state index is 12.6. The maximum Gasteiger partial charge on any atom is 0.241 e. The summed E-state index contributed by atoms with van der Waals surface area (Å²) in [5, 5.41) is 5.94. The number of likely N-dealkylation sites (tertiary alicyclic amines) is 1. The molecular weight excluding hydrogens is 342 g/mol. The molecule has 144 valence electrons. The first kappa shape index (κ1) is 19.2. The lowest BCUT2D eigenvalue weighted by molar-refractivity contribution is -0.127. The zero-order valence-corrected chi connectivity index (χ0v) is 15.9. The Balaban J connectivity index is 1.45. The van der Waals surface area contributed by atoms with E-state index in [2.05, 4.69) is 15.5 Å². The van der Waals surface area contributed by atoms with Crippen LogP contribution in [0.3, 0.4) is 0 Å². The fourth-order valence-corrected chi connectivity index (χ4v) is 3.40. The molecule has 2 amide bonds. The van der Waals surface area contributed by atoms with E-state index in [1.165, 1.54) is 0 Å². The van der Waals surface area contributed by atoms with Gasteiger partial charge in [-0.1, -0.05) is 18.2 Å². The normalized spacial score (nSPS) is 16.7. The van der Waals surface area contributed by atoms with Crippen LogP contribution in [-0.2, 0) is 16.1 Å². The van der Waals surface area contributed by atoms with Crippen LogP contribution in [-0.4, -0.2) is 35.8 Å². The number of piperidine rings is 1. The zero-order chi connectivity index (χ0) is 19.2. The number of carbonyl (C=O) groups is 2. The smallest absolute Gasteiger partial charge is 0.241 e. The van der Waals surface area contributed by atoms with Gasteiger partial charge in [0.15, 0.2) is 0 Å². The third kappa shape index (κ3) is 4.98. The van der Waals surface area contributed by atoms with Crippen molar-refractivity contribution >= 4 is 17.5 Å². The predicted molar refractivity (Wildman–Crippen MR) is 104 cm³/mol. The molecule has 2 N–H and O–H groups in total. The molecule has 1 saturated heterocycles. The number of benzene rings is 1. The second-order valence-electron chi connectivity index (χ2n) is 7.09. The van der Waals surface area contributed by atoms with E-state index in [9.17, 15) is 9.59 Å². The minimum Gasteiger partial charge on any atom is -0.467 e. The van der Waals surface area contributed by atoms with Gasteiger partial charge in [-0.15, -0.1) is 0 Å². The Morgan fingerprint density at radius 2 is 1.93 bits per heavy atom. The van der Waals surface area contributed by atoms with Gasteiger partial charge < -0.3 is 15.1 Å². The Bertz CT molecular complexity index is 765. The van der Waals surface area contributed by atoms with Gasteiger partial charge >= 0.3 is 0 Å². The summed E-state index contributed by atoms with van der Waals surface area (Å²) in [6, 6.07) is 11.2. The molecule has 1 fully saturated rings. The first-order chi connectivity index (χ1) is 13.0. The van der Waals surface area contributed by atoms with E-state index in [0.717, 1.165) is 42.9 Å². The molecule has 1 atom stereocenters. The van der Waals surface area contributed by atoms with E-state index in [0.29, 0.717) is 6.54 Å². The van der Waals surface area contributed by atoms with Gasteiger partial charge in [0.25, 0.3) is 0 Å². The summed E-state index contributed by atoms with van der Waals surface area (Å²) in [6.45, 7) is 5.79. The van der Waals surface area contributed by atoms with Crippen molar-refractivity contribution in [3.8, 4) is 0 Å². The Morgan fingerprint density at radius 3 is 2.59 bits per heavy atom. The topological polar surface area (TPSA) is 74.6 Å². The van der Waals surface area contributed by atoms with Gasteiger partial charge in [-0.3, -0.25) is 14.5 Å². The van der Waals surface area contributed by atoms with Crippen molar-refractivity contribution in [2.75, 3.05) is 18.4 Å². The van der Waals surface area contributed by atoms with Crippen LogP contribution in [0.15, 0.2) is 47.1 Å². The lowest BCUT2D eigenvalue weighted by Crippen LogP contribution is -2.48. The molecule has 2 heterocycles. The zero-order valence-electron chi connectivity index (χ0n) is 15.9. The molecule has 1 aliphatic rings. The van der Waals surface area contributed by atoms with Gasteiger partial charge in [0.1, 0.15) is 5.76 Å². The lowest BCUT2D eigenvalue weighted by atomic mass is 9.95. The minimum absolute atomic E-state index is 0.00924. The average molecular weight is 369 g/mol. The summed E-state index contributed by atoms with van der Waals surface area (Å²) in [6.07, 6.45) is 3.11. The molecule has 0 aliphatic carbocycles. The van der Waals surface area contributed by atoms with Crippen molar-refractivity contribution < 1.29 is 14.0 Å². The molecule has 1 aromatic carbocycles. The van der Waals surface area contributed by atoms with E-state index in [-0.39, 0.29) is 23.8 Å². The molecular formula is C21H27N3O3. The second-order valence-corrected chi connectivity index (χ2v) is 7.09. The molecule has 0 bridgehead atoms. The van der Waals surface area contributed by atoms with Crippen LogP contribution in [0.25, 0.3) is 0 Å². The van der Waals surface area contributed by atoms with E-state index in [4.69, 9.17) is 4.42 Å². The highest BCUT2D eigenvalue weighted by Gasteiger charge is 2.29. The first-order valence-corrected chi connectivity index (χ1v) is 9.45. The molecule has 1 aromatic heterocycles. The van der Waals surface area contributed by atoms with Crippen LogP contribution in [0.2, 0.25) is 0 Å².